The first-order chi connectivity index (χ1) is 11.3. The quantitative estimate of drug-likeness (QED) is 0.876. The lowest BCUT2D eigenvalue weighted by molar-refractivity contribution is -0.124. The van der Waals surface area contributed by atoms with E-state index in [1.54, 1.807) is 0 Å². The first kappa shape index (κ1) is 16.5. The standard InChI is InChI=1S/C19H29N3O/c23-19(17-9-10-20-13-17)21-14-16-7-3-4-8-18(16)15-22-11-5-1-2-6-12-22/h3-4,7-8,17,20H,1-2,5-6,9-15H2,(H,21,23). The lowest BCUT2D eigenvalue weighted by atomic mass is 10.1. The predicted octanol–water partition coefficient (Wildman–Crippen LogP) is 2.29. The van der Waals surface area contributed by atoms with Crippen molar-refractivity contribution in [3.63, 3.8) is 0 Å². The van der Waals surface area contributed by atoms with Crippen molar-refractivity contribution in [1.82, 2.24) is 15.5 Å². The molecule has 1 atom stereocenters. The summed E-state index contributed by atoms with van der Waals surface area (Å²) in [7, 11) is 0. The number of likely N-dealkylation sites (tertiary alicyclic amines) is 1. The molecule has 1 amide bonds. The predicted molar refractivity (Wildman–Crippen MR) is 93.0 cm³/mol. The molecule has 0 bridgehead atoms. The third-order valence-electron chi connectivity index (χ3n) is 5.10. The van der Waals surface area contributed by atoms with Crippen molar-refractivity contribution >= 4 is 5.91 Å². The summed E-state index contributed by atoms with van der Waals surface area (Å²) in [6.45, 7) is 5.85. The van der Waals surface area contributed by atoms with Gasteiger partial charge >= 0.3 is 0 Å². The minimum absolute atomic E-state index is 0.146. The van der Waals surface area contributed by atoms with Crippen molar-refractivity contribution in [3.8, 4) is 0 Å². The zero-order chi connectivity index (χ0) is 15.9. The minimum Gasteiger partial charge on any atom is -0.352 e. The fourth-order valence-electron chi connectivity index (χ4n) is 3.62. The largest absolute Gasteiger partial charge is 0.352 e. The highest BCUT2D eigenvalue weighted by Gasteiger charge is 2.22. The first-order valence-corrected chi connectivity index (χ1v) is 9.10. The molecular formula is C19H29N3O. The second kappa shape index (κ2) is 8.46. The van der Waals surface area contributed by atoms with Gasteiger partial charge in [-0.25, -0.2) is 0 Å². The molecule has 1 aromatic rings. The molecule has 4 nitrogen and oxygen atoms in total. The number of hydrogen-bond donors (Lipinski definition) is 2. The Morgan fingerprint density at radius 3 is 2.57 bits per heavy atom. The summed E-state index contributed by atoms with van der Waals surface area (Å²) in [5.41, 5.74) is 2.62. The van der Waals surface area contributed by atoms with Crippen molar-refractivity contribution in [2.24, 2.45) is 5.92 Å². The fraction of sp³-hybridized carbons (Fsp3) is 0.632. The third-order valence-corrected chi connectivity index (χ3v) is 5.10. The van der Waals surface area contributed by atoms with Gasteiger partial charge in [0.05, 0.1) is 5.92 Å². The van der Waals surface area contributed by atoms with Crippen LogP contribution in [0.1, 0.15) is 43.2 Å². The van der Waals surface area contributed by atoms with Crippen molar-refractivity contribution in [3.05, 3.63) is 35.4 Å². The van der Waals surface area contributed by atoms with E-state index in [2.05, 4.69) is 39.8 Å². The molecule has 2 aliphatic rings. The van der Waals surface area contributed by atoms with Gasteiger partial charge in [-0.15, -0.1) is 0 Å². The topological polar surface area (TPSA) is 44.4 Å². The number of carbonyl (C=O) groups is 1. The number of rotatable bonds is 5. The summed E-state index contributed by atoms with van der Waals surface area (Å²) in [5, 5.41) is 6.39. The van der Waals surface area contributed by atoms with Crippen LogP contribution in [0.25, 0.3) is 0 Å². The van der Waals surface area contributed by atoms with Gasteiger partial charge in [0.15, 0.2) is 0 Å². The SMILES string of the molecule is O=C(NCc1ccccc1CN1CCCCCC1)C1CCNC1. The molecule has 1 aromatic carbocycles. The van der Waals surface area contributed by atoms with Crippen LogP contribution in [0.15, 0.2) is 24.3 Å². The highest BCUT2D eigenvalue weighted by molar-refractivity contribution is 5.79. The molecule has 2 aliphatic heterocycles. The van der Waals surface area contributed by atoms with Gasteiger partial charge in [-0.2, -0.15) is 0 Å². The Kier molecular flexibility index (Phi) is 6.06. The Bertz CT molecular complexity index is 503. The maximum atomic E-state index is 12.2. The van der Waals surface area contributed by atoms with Crippen LogP contribution in [0.2, 0.25) is 0 Å². The van der Waals surface area contributed by atoms with E-state index in [0.29, 0.717) is 6.54 Å². The molecule has 0 aromatic heterocycles. The highest BCUT2D eigenvalue weighted by Crippen LogP contribution is 2.16. The van der Waals surface area contributed by atoms with Gasteiger partial charge in [-0.1, -0.05) is 37.1 Å². The molecular weight excluding hydrogens is 286 g/mol. The maximum Gasteiger partial charge on any atom is 0.224 e. The molecule has 0 aliphatic carbocycles. The second-order valence-corrected chi connectivity index (χ2v) is 6.87. The van der Waals surface area contributed by atoms with E-state index in [1.165, 1.54) is 49.9 Å². The Labute approximate surface area is 139 Å². The molecule has 0 saturated carbocycles. The van der Waals surface area contributed by atoms with Gasteiger partial charge in [0, 0.05) is 19.6 Å². The maximum absolute atomic E-state index is 12.2. The van der Waals surface area contributed by atoms with Crippen molar-refractivity contribution in [2.75, 3.05) is 26.2 Å². The van der Waals surface area contributed by atoms with E-state index in [9.17, 15) is 4.79 Å². The highest BCUT2D eigenvalue weighted by atomic mass is 16.1. The molecule has 1 unspecified atom stereocenters. The number of nitrogens with one attached hydrogen (secondary N) is 2. The summed E-state index contributed by atoms with van der Waals surface area (Å²) in [4.78, 5) is 14.8. The summed E-state index contributed by atoms with van der Waals surface area (Å²) in [6.07, 6.45) is 6.32. The molecule has 0 spiro atoms. The summed E-state index contributed by atoms with van der Waals surface area (Å²) in [6, 6.07) is 8.55. The molecule has 2 heterocycles. The van der Waals surface area contributed by atoms with Crippen molar-refractivity contribution in [1.29, 1.82) is 0 Å². The van der Waals surface area contributed by atoms with Gasteiger partial charge in [-0.05, 0) is 50.0 Å². The average Bonchev–Trinajstić information content (AvgIpc) is 3.00. The Morgan fingerprint density at radius 2 is 1.87 bits per heavy atom. The Balaban J connectivity index is 1.57. The first-order valence-electron chi connectivity index (χ1n) is 9.10. The Hall–Kier alpha value is -1.39. The number of benzene rings is 1. The summed E-state index contributed by atoms with van der Waals surface area (Å²) in [5.74, 6) is 0.340. The lowest BCUT2D eigenvalue weighted by Crippen LogP contribution is -2.32. The molecule has 23 heavy (non-hydrogen) atoms. The van der Waals surface area contributed by atoms with Gasteiger partial charge in [-0.3, -0.25) is 9.69 Å². The summed E-state index contributed by atoms with van der Waals surface area (Å²) >= 11 is 0. The Morgan fingerprint density at radius 1 is 1.13 bits per heavy atom. The van der Waals surface area contributed by atoms with E-state index >= 15 is 0 Å². The van der Waals surface area contributed by atoms with Gasteiger partial charge in [0.25, 0.3) is 0 Å². The third kappa shape index (κ3) is 4.79. The lowest BCUT2D eigenvalue weighted by Gasteiger charge is -2.22. The van der Waals surface area contributed by atoms with Gasteiger partial charge in [0.2, 0.25) is 5.91 Å². The van der Waals surface area contributed by atoms with Crippen molar-refractivity contribution in [2.45, 2.75) is 45.2 Å². The van der Waals surface area contributed by atoms with Crippen molar-refractivity contribution < 1.29 is 4.79 Å². The second-order valence-electron chi connectivity index (χ2n) is 6.87. The van der Waals surface area contributed by atoms with Gasteiger partial charge < -0.3 is 10.6 Å². The molecule has 2 N–H and O–H groups in total. The monoisotopic (exact) mass is 315 g/mol. The smallest absolute Gasteiger partial charge is 0.224 e. The average molecular weight is 315 g/mol. The van der Waals surface area contributed by atoms with Crippen LogP contribution in [0.4, 0.5) is 0 Å². The number of carbonyl (C=O) groups excluding carboxylic acids is 1. The van der Waals surface area contributed by atoms with Gasteiger partial charge in [0.1, 0.15) is 0 Å². The summed E-state index contributed by atoms with van der Waals surface area (Å²) < 4.78 is 0. The fourth-order valence-corrected chi connectivity index (χ4v) is 3.62. The van der Waals surface area contributed by atoms with Crippen LogP contribution in [-0.2, 0) is 17.9 Å². The van der Waals surface area contributed by atoms with E-state index in [4.69, 9.17) is 0 Å². The van der Waals surface area contributed by atoms with E-state index in [-0.39, 0.29) is 11.8 Å². The zero-order valence-corrected chi connectivity index (χ0v) is 14.0. The molecule has 2 fully saturated rings. The molecule has 126 valence electrons. The molecule has 2 saturated heterocycles. The van der Waals surface area contributed by atoms with Crippen LogP contribution in [0, 0.1) is 5.92 Å². The minimum atomic E-state index is 0.146. The van der Waals surface area contributed by atoms with E-state index < -0.39 is 0 Å². The molecule has 4 heteroatoms. The van der Waals surface area contributed by atoms with Crippen LogP contribution in [0.5, 0.6) is 0 Å². The van der Waals surface area contributed by atoms with Crippen LogP contribution in [-0.4, -0.2) is 37.0 Å². The van der Waals surface area contributed by atoms with Crippen LogP contribution >= 0.6 is 0 Å². The number of hydrogen-bond acceptors (Lipinski definition) is 3. The number of amides is 1. The normalized spacial score (nSPS) is 22.7. The molecule has 3 rings (SSSR count). The van der Waals surface area contributed by atoms with E-state index in [1.807, 2.05) is 0 Å². The van der Waals surface area contributed by atoms with E-state index in [0.717, 1.165) is 26.1 Å². The zero-order valence-electron chi connectivity index (χ0n) is 14.0. The van der Waals surface area contributed by atoms with Crippen LogP contribution < -0.4 is 10.6 Å². The number of nitrogens with zero attached hydrogens (tertiary/aromatic N) is 1. The van der Waals surface area contributed by atoms with Crippen LogP contribution in [0.3, 0.4) is 0 Å². The molecule has 0 radical (unpaired) electrons.